The molecule has 1 heterocycles. The predicted octanol–water partition coefficient (Wildman–Crippen LogP) is 2.13. The molecule has 1 aromatic rings. The van der Waals surface area contributed by atoms with E-state index in [4.69, 9.17) is 9.47 Å². The molecule has 25 heavy (non-hydrogen) atoms. The van der Waals surface area contributed by atoms with E-state index in [-0.39, 0.29) is 6.54 Å². The number of rotatable bonds is 5. The number of hydrogen-bond donors (Lipinski definition) is 0. The number of benzene rings is 1. The van der Waals surface area contributed by atoms with Crippen molar-refractivity contribution in [1.82, 2.24) is 4.90 Å². The molecule has 1 aliphatic heterocycles. The number of hydrogen-bond acceptors (Lipinski definition) is 5. The molecule has 6 heteroatoms. The van der Waals surface area contributed by atoms with Crippen LogP contribution in [0.2, 0.25) is 0 Å². The summed E-state index contributed by atoms with van der Waals surface area (Å²) in [5.74, 6) is -0.981. The predicted molar refractivity (Wildman–Crippen MR) is 92.1 cm³/mol. The Morgan fingerprint density at radius 1 is 1.20 bits per heavy atom. The van der Waals surface area contributed by atoms with E-state index < -0.39 is 29.1 Å². The summed E-state index contributed by atoms with van der Waals surface area (Å²) in [5, 5.41) is 0. The van der Waals surface area contributed by atoms with Crippen molar-refractivity contribution in [2.75, 3.05) is 14.2 Å². The van der Waals surface area contributed by atoms with Crippen molar-refractivity contribution in [2.45, 2.75) is 46.2 Å². The summed E-state index contributed by atoms with van der Waals surface area (Å²) < 4.78 is 10.1. The van der Waals surface area contributed by atoms with Gasteiger partial charge in [-0.15, -0.1) is 0 Å². The topological polar surface area (TPSA) is 72.9 Å². The Balaban J connectivity index is 2.40. The van der Waals surface area contributed by atoms with E-state index >= 15 is 0 Å². The summed E-state index contributed by atoms with van der Waals surface area (Å²) in [6.45, 7) is 5.51. The van der Waals surface area contributed by atoms with Crippen LogP contribution in [0.15, 0.2) is 18.2 Å². The van der Waals surface area contributed by atoms with E-state index in [0.717, 1.165) is 11.1 Å². The van der Waals surface area contributed by atoms with E-state index in [1.807, 2.05) is 25.1 Å². The summed E-state index contributed by atoms with van der Waals surface area (Å²) in [5.41, 5.74) is 1.05. The quantitative estimate of drug-likeness (QED) is 0.603. The fourth-order valence-electron chi connectivity index (χ4n) is 2.83. The molecule has 0 aromatic heterocycles. The molecule has 1 unspecified atom stereocenters. The van der Waals surface area contributed by atoms with E-state index in [0.29, 0.717) is 18.6 Å². The highest BCUT2D eigenvalue weighted by Gasteiger charge is 2.41. The van der Waals surface area contributed by atoms with Gasteiger partial charge in [-0.25, -0.2) is 4.79 Å². The van der Waals surface area contributed by atoms with E-state index in [1.54, 1.807) is 21.0 Å². The van der Waals surface area contributed by atoms with Crippen molar-refractivity contribution in [3.63, 3.8) is 0 Å². The maximum absolute atomic E-state index is 12.8. The van der Waals surface area contributed by atoms with Gasteiger partial charge in [0.25, 0.3) is 5.91 Å². The average Bonchev–Trinajstić information content (AvgIpc) is 2.64. The molecule has 1 aliphatic rings. The number of amides is 1. The van der Waals surface area contributed by atoms with Gasteiger partial charge in [-0.05, 0) is 29.7 Å². The molecule has 0 spiro atoms. The van der Waals surface area contributed by atoms with Crippen LogP contribution in [-0.4, -0.2) is 42.8 Å². The van der Waals surface area contributed by atoms with Gasteiger partial charge >= 0.3 is 5.97 Å². The Morgan fingerprint density at radius 3 is 2.44 bits per heavy atom. The summed E-state index contributed by atoms with van der Waals surface area (Å²) in [4.78, 5) is 39.0. The maximum Gasteiger partial charge on any atom is 0.328 e. The summed E-state index contributed by atoms with van der Waals surface area (Å²) in [6.07, 6.45) is 0.857. The maximum atomic E-state index is 12.8. The van der Waals surface area contributed by atoms with Gasteiger partial charge in [0.15, 0.2) is 0 Å². The first kappa shape index (κ1) is 19.0. The number of carbonyl (C=O) groups excluding carboxylic acids is 3. The number of Topliss-reactive ketones (excluding diaryl/α,β-unsaturated/α-hetero) is 1. The van der Waals surface area contributed by atoms with E-state index in [9.17, 15) is 14.4 Å². The molecule has 0 saturated carbocycles. The van der Waals surface area contributed by atoms with Crippen LogP contribution in [0.5, 0.6) is 5.75 Å². The summed E-state index contributed by atoms with van der Waals surface area (Å²) >= 11 is 0. The average molecular weight is 347 g/mol. The fourth-order valence-corrected chi connectivity index (χ4v) is 2.83. The van der Waals surface area contributed by atoms with Gasteiger partial charge < -0.3 is 14.4 Å². The molecule has 0 bridgehead atoms. The zero-order chi connectivity index (χ0) is 18.8. The third-order valence-corrected chi connectivity index (χ3v) is 4.97. The number of carbonyl (C=O) groups is 3. The third kappa shape index (κ3) is 3.67. The minimum atomic E-state index is -0.796. The van der Waals surface area contributed by atoms with Crippen molar-refractivity contribution in [1.29, 1.82) is 0 Å². The molecule has 1 aromatic carbocycles. The minimum absolute atomic E-state index is 0.177. The highest BCUT2D eigenvalue weighted by Crippen LogP contribution is 2.30. The molecule has 1 atom stereocenters. The molecule has 2 rings (SSSR count). The number of methoxy groups -OCH3 is 2. The van der Waals surface area contributed by atoms with Gasteiger partial charge in [-0.3, -0.25) is 9.59 Å². The Morgan fingerprint density at radius 2 is 1.88 bits per heavy atom. The first-order valence-corrected chi connectivity index (χ1v) is 8.34. The zero-order valence-electron chi connectivity index (χ0n) is 15.4. The Labute approximate surface area is 148 Å². The standard InChI is InChI=1S/C19H25NO5/c1-6-19(2,3)16(21)17(22)20-11-13-9-14(24-4)8-7-12(13)10-15(20)18(23)25-5/h7-9,15H,6,10-11H2,1-5H3. The monoisotopic (exact) mass is 347 g/mol. The van der Waals surface area contributed by atoms with Gasteiger partial charge in [0, 0.05) is 18.4 Å². The lowest BCUT2D eigenvalue weighted by atomic mass is 9.83. The third-order valence-electron chi connectivity index (χ3n) is 4.97. The molecule has 0 aliphatic carbocycles. The Hall–Kier alpha value is -2.37. The lowest BCUT2D eigenvalue weighted by Gasteiger charge is -2.36. The van der Waals surface area contributed by atoms with Crippen LogP contribution in [0, 0.1) is 5.41 Å². The SMILES string of the molecule is CCC(C)(C)C(=O)C(=O)N1Cc2cc(OC)ccc2CC1C(=O)OC. The minimum Gasteiger partial charge on any atom is -0.497 e. The number of fused-ring (bicyclic) bond motifs is 1. The number of ketones is 1. The second-order valence-electron chi connectivity index (χ2n) is 6.88. The van der Waals surface area contributed by atoms with Crippen molar-refractivity contribution in [3.05, 3.63) is 29.3 Å². The molecule has 136 valence electrons. The molecule has 0 saturated heterocycles. The van der Waals surface area contributed by atoms with Gasteiger partial charge in [0.05, 0.1) is 14.2 Å². The zero-order valence-corrected chi connectivity index (χ0v) is 15.4. The van der Waals surface area contributed by atoms with Crippen LogP contribution in [0.3, 0.4) is 0 Å². The first-order chi connectivity index (χ1) is 11.7. The lowest BCUT2D eigenvalue weighted by molar-refractivity contribution is -0.159. The second-order valence-corrected chi connectivity index (χ2v) is 6.88. The molecule has 0 N–H and O–H groups in total. The molecule has 0 radical (unpaired) electrons. The van der Waals surface area contributed by atoms with Crippen LogP contribution >= 0.6 is 0 Å². The largest absolute Gasteiger partial charge is 0.497 e. The molecule has 6 nitrogen and oxygen atoms in total. The first-order valence-electron chi connectivity index (χ1n) is 8.34. The van der Waals surface area contributed by atoms with Gasteiger partial charge in [0.1, 0.15) is 11.8 Å². The van der Waals surface area contributed by atoms with Crippen LogP contribution < -0.4 is 4.74 Å². The van der Waals surface area contributed by atoms with Crippen molar-refractivity contribution >= 4 is 17.7 Å². The van der Waals surface area contributed by atoms with Gasteiger partial charge in [-0.2, -0.15) is 0 Å². The fraction of sp³-hybridized carbons (Fsp3) is 0.526. The van der Waals surface area contributed by atoms with E-state index in [2.05, 4.69) is 0 Å². The van der Waals surface area contributed by atoms with Gasteiger partial charge in [-0.1, -0.05) is 26.8 Å². The summed E-state index contributed by atoms with van der Waals surface area (Å²) in [6, 6.07) is 4.73. The molecule has 0 fully saturated rings. The van der Waals surface area contributed by atoms with Crippen LogP contribution in [0.4, 0.5) is 0 Å². The van der Waals surface area contributed by atoms with Crippen LogP contribution in [-0.2, 0) is 32.1 Å². The number of ether oxygens (including phenoxy) is 2. The number of esters is 1. The normalized spacial score (nSPS) is 16.8. The second kappa shape index (κ2) is 7.25. The Bertz CT molecular complexity index is 695. The molecule has 1 amide bonds. The lowest BCUT2D eigenvalue weighted by Crippen LogP contribution is -2.53. The highest BCUT2D eigenvalue weighted by atomic mass is 16.5. The van der Waals surface area contributed by atoms with Crippen LogP contribution in [0.25, 0.3) is 0 Å². The smallest absolute Gasteiger partial charge is 0.328 e. The Kier molecular flexibility index (Phi) is 5.50. The van der Waals surface area contributed by atoms with Crippen molar-refractivity contribution in [2.24, 2.45) is 5.41 Å². The number of nitrogens with zero attached hydrogens (tertiary/aromatic N) is 1. The van der Waals surface area contributed by atoms with E-state index in [1.165, 1.54) is 12.0 Å². The highest BCUT2D eigenvalue weighted by molar-refractivity contribution is 6.38. The van der Waals surface area contributed by atoms with Crippen LogP contribution in [0.1, 0.15) is 38.3 Å². The van der Waals surface area contributed by atoms with Gasteiger partial charge in [0.2, 0.25) is 5.78 Å². The molecular weight excluding hydrogens is 322 g/mol. The summed E-state index contributed by atoms with van der Waals surface area (Å²) in [7, 11) is 2.85. The molecular formula is C19H25NO5. The van der Waals surface area contributed by atoms with Crippen molar-refractivity contribution in [3.8, 4) is 5.75 Å². The van der Waals surface area contributed by atoms with Crippen molar-refractivity contribution < 1.29 is 23.9 Å².